The largest absolute Gasteiger partial charge is 0.480 e. The predicted molar refractivity (Wildman–Crippen MR) is 153 cm³/mol. The van der Waals surface area contributed by atoms with Crippen molar-refractivity contribution >= 4 is 27.7 Å². The van der Waals surface area contributed by atoms with Crippen molar-refractivity contribution in [3.63, 3.8) is 0 Å². The lowest BCUT2D eigenvalue weighted by molar-refractivity contribution is -0.134. The number of pyridine rings is 2. The molecule has 9 heteroatoms. The summed E-state index contributed by atoms with van der Waals surface area (Å²) >= 11 is 0. The highest BCUT2D eigenvalue weighted by atomic mass is 32.2. The zero-order valence-corrected chi connectivity index (χ0v) is 22.3. The summed E-state index contributed by atoms with van der Waals surface area (Å²) in [5.74, 6) is -0.873. The molecule has 0 spiro atoms. The van der Waals surface area contributed by atoms with Crippen molar-refractivity contribution in [3.8, 4) is 11.1 Å². The number of anilines is 1. The minimum Gasteiger partial charge on any atom is -0.480 e. The van der Waals surface area contributed by atoms with Crippen molar-refractivity contribution in [3.05, 3.63) is 114 Å². The number of allylic oxidation sites excluding steroid dienone is 1. The van der Waals surface area contributed by atoms with Gasteiger partial charge in [0.15, 0.2) is 9.90 Å². The maximum absolute atomic E-state index is 13.9. The van der Waals surface area contributed by atoms with Crippen LogP contribution in [0.3, 0.4) is 0 Å². The number of nitrogens with one attached hydrogen (secondary N) is 1. The minimum atomic E-state index is -4.22. The standard InChI is InChI=1S/C30H30N4O4S/c1-2-3-8-22-9-6-10-25(19-22)24-16-14-23(15-17-24)20-30(31,39(37,38)28-13-4-5-18-32-28)26-11-7-12-27(34-26)33-21-29(35)36/h3-19H,2,20-21,31H2,1H3,(H,33,34)(H,35,36). The van der Waals surface area contributed by atoms with Gasteiger partial charge in [-0.25, -0.2) is 18.4 Å². The highest BCUT2D eigenvalue weighted by Gasteiger charge is 2.45. The molecular formula is C30H30N4O4S. The van der Waals surface area contributed by atoms with E-state index in [9.17, 15) is 13.2 Å². The quantitative estimate of drug-likeness (QED) is 0.244. The lowest BCUT2D eigenvalue weighted by atomic mass is 9.98. The van der Waals surface area contributed by atoms with Crippen LogP contribution in [-0.4, -0.2) is 36.0 Å². The molecule has 0 radical (unpaired) electrons. The lowest BCUT2D eigenvalue weighted by Gasteiger charge is -2.29. The van der Waals surface area contributed by atoms with Crippen molar-refractivity contribution in [2.45, 2.75) is 29.7 Å². The molecular weight excluding hydrogens is 512 g/mol. The van der Waals surface area contributed by atoms with E-state index < -0.39 is 20.7 Å². The first kappa shape index (κ1) is 27.7. The van der Waals surface area contributed by atoms with Gasteiger partial charge in [-0.05, 0) is 59.0 Å². The van der Waals surface area contributed by atoms with Gasteiger partial charge in [-0.2, -0.15) is 0 Å². The van der Waals surface area contributed by atoms with E-state index in [1.165, 1.54) is 18.3 Å². The summed E-state index contributed by atoms with van der Waals surface area (Å²) in [6.07, 6.45) is 6.44. The fourth-order valence-electron chi connectivity index (χ4n) is 4.15. The van der Waals surface area contributed by atoms with Crippen LogP contribution in [0, 0.1) is 0 Å². The lowest BCUT2D eigenvalue weighted by Crippen LogP contribution is -2.47. The normalized spacial score (nSPS) is 13.2. The molecule has 8 nitrogen and oxygen atoms in total. The summed E-state index contributed by atoms with van der Waals surface area (Å²) in [7, 11) is -4.22. The molecule has 0 amide bonds. The second kappa shape index (κ2) is 12.0. The second-order valence-electron chi connectivity index (χ2n) is 9.03. The number of rotatable bonds is 11. The summed E-state index contributed by atoms with van der Waals surface area (Å²) in [5.41, 5.74) is 10.6. The van der Waals surface area contributed by atoms with Crippen molar-refractivity contribution in [2.24, 2.45) is 5.73 Å². The van der Waals surface area contributed by atoms with E-state index in [1.807, 2.05) is 42.5 Å². The molecule has 0 saturated carbocycles. The molecule has 0 fully saturated rings. The van der Waals surface area contributed by atoms with E-state index in [-0.39, 0.29) is 29.5 Å². The van der Waals surface area contributed by atoms with E-state index in [2.05, 4.69) is 40.4 Å². The molecule has 0 aliphatic rings. The number of carboxylic acids is 1. The zero-order valence-electron chi connectivity index (χ0n) is 21.5. The number of benzene rings is 2. The van der Waals surface area contributed by atoms with Gasteiger partial charge in [0.1, 0.15) is 12.4 Å². The number of hydrogen-bond donors (Lipinski definition) is 3. The Balaban J connectivity index is 1.72. The van der Waals surface area contributed by atoms with Gasteiger partial charge < -0.3 is 16.2 Å². The summed E-state index contributed by atoms with van der Waals surface area (Å²) in [5, 5.41) is 11.5. The van der Waals surface area contributed by atoms with Crippen LogP contribution in [-0.2, 0) is 25.9 Å². The SMILES string of the molecule is CCC=Cc1cccc(-c2ccc(CC(N)(c3cccc(NCC(=O)O)n3)S(=O)(=O)c3ccccn3)cc2)c1. The average molecular weight is 543 g/mol. The number of carboxylic acid groups (broad SMARTS) is 1. The highest BCUT2D eigenvalue weighted by molar-refractivity contribution is 7.92. The molecule has 1 unspecified atom stereocenters. The van der Waals surface area contributed by atoms with E-state index in [1.54, 1.807) is 24.3 Å². The van der Waals surface area contributed by atoms with Gasteiger partial charge in [0.05, 0.1) is 5.69 Å². The van der Waals surface area contributed by atoms with E-state index in [0.717, 1.165) is 23.1 Å². The Hall–Kier alpha value is -4.34. The zero-order chi connectivity index (χ0) is 27.9. The van der Waals surface area contributed by atoms with Gasteiger partial charge in [0.2, 0.25) is 9.84 Å². The van der Waals surface area contributed by atoms with Crippen LogP contribution in [0.15, 0.2) is 102 Å². The van der Waals surface area contributed by atoms with Gasteiger partial charge in [-0.1, -0.05) is 73.7 Å². The Bertz CT molecular complexity index is 1570. The van der Waals surface area contributed by atoms with Crippen LogP contribution in [0.2, 0.25) is 0 Å². The molecule has 2 aromatic carbocycles. The van der Waals surface area contributed by atoms with Crippen LogP contribution in [0.25, 0.3) is 17.2 Å². The number of sulfone groups is 1. The van der Waals surface area contributed by atoms with Gasteiger partial charge in [-0.15, -0.1) is 0 Å². The molecule has 1 atom stereocenters. The molecule has 39 heavy (non-hydrogen) atoms. The molecule has 0 saturated heterocycles. The number of aliphatic carboxylic acids is 1. The Morgan fingerprint density at radius 1 is 1.00 bits per heavy atom. The molecule has 0 bridgehead atoms. The number of nitrogens with zero attached hydrogens (tertiary/aromatic N) is 2. The van der Waals surface area contributed by atoms with Gasteiger partial charge in [0, 0.05) is 12.6 Å². The average Bonchev–Trinajstić information content (AvgIpc) is 2.96. The van der Waals surface area contributed by atoms with Crippen molar-refractivity contribution in [1.29, 1.82) is 0 Å². The molecule has 4 rings (SSSR count). The van der Waals surface area contributed by atoms with E-state index >= 15 is 0 Å². The van der Waals surface area contributed by atoms with Crippen molar-refractivity contribution in [1.82, 2.24) is 9.97 Å². The minimum absolute atomic E-state index is 0.0723. The molecule has 2 aromatic heterocycles. The first-order valence-electron chi connectivity index (χ1n) is 12.5. The number of aromatic nitrogens is 2. The third-order valence-corrected chi connectivity index (χ3v) is 8.29. The Kier molecular flexibility index (Phi) is 8.53. The van der Waals surface area contributed by atoms with Gasteiger partial charge >= 0.3 is 5.97 Å². The van der Waals surface area contributed by atoms with Crippen LogP contribution < -0.4 is 11.1 Å². The van der Waals surface area contributed by atoms with Crippen LogP contribution in [0.4, 0.5) is 5.82 Å². The summed E-state index contributed by atoms with van der Waals surface area (Å²) < 4.78 is 27.8. The van der Waals surface area contributed by atoms with E-state index in [4.69, 9.17) is 10.8 Å². The first-order chi connectivity index (χ1) is 18.7. The molecule has 200 valence electrons. The topological polar surface area (TPSA) is 135 Å². The third kappa shape index (κ3) is 6.39. The molecule has 4 N–H and O–H groups in total. The first-order valence-corrected chi connectivity index (χ1v) is 13.9. The smallest absolute Gasteiger partial charge is 0.322 e. The van der Waals surface area contributed by atoms with Crippen LogP contribution >= 0.6 is 0 Å². The van der Waals surface area contributed by atoms with E-state index in [0.29, 0.717) is 5.56 Å². The fraction of sp³-hybridized carbons (Fsp3) is 0.167. The molecule has 4 aromatic rings. The number of nitrogens with two attached hydrogens (primary N) is 1. The maximum Gasteiger partial charge on any atom is 0.322 e. The summed E-state index contributed by atoms with van der Waals surface area (Å²) in [6, 6.07) is 25.0. The predicted octanol–water partition coefficient (Wildman–Crippen LogP) is 4.89. The molecule has 0 aliphatic heterocycles. The van der Waals surface area contributed by atoms with Crippen molar-refractivity contribution < 1.29 is 18.3 Å². The van der Waals surface area contributed by atoms with Gasteiger partial charge in [0.25, 0.3) is 0 Å². The second-order valence-corrected chi connectivity index (χ2v) is 11.2. The van der Waals surface area contributed by atoms with Gasteiger partial charge in [-0.3, -0.25) is 4.79 Å². The summed E-state index contributed by atoms with van der Waals surface area (Å²) in [6.45, 7) is 1.71. The Morgan fingerprint density at radius 2 is 1.77 bits per heavy atom. The Morgan fingerprint density at radius 3 is 2.46 bits per heavy atom. The van der Waals surface area contributed by atoms with Crippen LogP contribution in [0.1, 0.15) is 30.2 Å². The number of hydrogen-bond acceptors (Lipinski definition) is 7. The monoisotopic (exact) mass is 542 g/mol. The fourth-order valence-corrected chi connectivity index (χ4v) is 5.72. The molecule has 2 heterocycles. The Labute approximate surface area is 228 Å². The van der Waals surface area contributed by atoms with Crippen LogP contribution in [0.5, 0.6) is 0 Å². The summed E-state index contributed by atoms with van der Waals surface area (Å²) in [4.78, 5) is 17.5. The van der Waals surface area contributed by atoms with Crippen molar-refractivity contribution in [2.75, 3.05) is 11.9 Å². The maximum atomic E-state index is 13.9. The molecule has 0 aliphatic carbocycles. The highest BCUT2D eigenvalue weighted by Crippen LogP contribution is 2.34. The number of carbonyl (C=O) groups is 1. The third-order valence-electron chi connectivity index (χ3n) is 6.18.